The first-order valence-corrected chi connectivity index (χ1v) is 7.24. The Bertz CT molecular complexity index is 703. The van der Waals surface area contributed by atoms with Crippen LogP contribution >= 0.6 is 0 Å². The smallest absolute Gasteiger partial charge is 0.119 e. The Hall–Kier alpha value is -2.49. The number of aromatic nitrogens is 2. The highest BCUT2D eigenvalue weighted by Gasteiger charge is 2.02. The van der Waals surface area contributed by atoms with Gasteiger partial charge >= 0.3 is 0 Å². The minimum atomic E-state index is 0.763. The van der Waals surface area contributed by atoms with Gasteiger partial charge in [0, 0.05) is 11.9 Å². The number of anilines is 1. The minimum absolute atomic E-state index is 0.763. The highest BCUT2D eigenvalue weighted by Crippen LogP contribution is 2.21. The summed E-state index contributed by atoms with van der Waals surface area (Å²) in [4.78, 5) is 0. The van der Waals surface area contributed by atoms with Gasteiger partial charge in [-0.15, -0.1) is 0 Å². The molecule has 4 nitrogen and oxygen atoms in total. The molecule has 108 valence electrons. The average molecular weight is 281 g/mol. The lowest BCUT2D eigenvalue weighted by molar-refractivity contribution is 0.317. The van der Waals surface area contributed by atoms with Crippen LogP contribution in [0.3, 0.4) is 0 Å². The van der Waals surface area contributed by atoms with E-state index < -0.39 is 0 Å². The summed E-state index contributed by atoms with van der Waals surface area (Å²) in [5, 5.41) is 11.7. The van der Waals surface area contributed by atoms with E-state index in [1.165, 1.54) is 5.56 Å². The maximum atomic E-state index is 5.59. The van der Waals surface area contributed by atoms with Crippen molar-refractivity contribution in [3.05, 3.63) is 54.2 Å². The number of hydrogen-bond donors (Lipinski definition) is 2. The van der Waals surface area contributed by atoms with Gasteiger partial charge in [0.1, 0.15) is 5.75 Å². The van der Waals surface area contributed by atoms with Crippen molar-refractivity contribution in [1.29, 1.82) is 0 Å². The van der Waals surface area contributed by atoms with E-state index in [9.17, 15) is 0 Å². The second-order valence-corrected chi connectivity index (χ2v) is 4.99. The SMILES string of the molecule is CCCOc1ccc(CNc2cccc3cn[nH]c23)cc1. The lowest BCUT2D eigenvalue weighted by atomic mass is 10.2. The number of hydrogen-bond acceptors (Lipinski definition) is 3. The lowest BCUT2D eigenvalue weighted by Crippen LogP contribution is -2.00. The van der Waals surface area contributed by atoms with Crippen molar-refractivity contribution >= 4 is 16.6 Å². The van der Waals surface area contributed by atoms with Gasteiger partial charge < -0.3 is 10.1 Å². The molecule has 0 aliphatic carbocycles. The van der Waals surface area contributed by atoms with Crippen molar-refractivity contribution in [3.8, 4) is 5.75 Å². The summed E-state index contributed by atoms with van der Waals surface area (Å²) in [6, 6.07) is 14.3. The summed E-state index contributed by atoms with van der Waals surface area (Å²) >= 11 is 0. The number of nitrogens with one attached hydrogen (secondary N) is 2. The summed E-state index contributed by atoms with van der Waals surface area (Å²) in [7, 11) is 0. The molecule has 0 bridgehead atoms. The third kappa shape index (κ3) is 3.16. The molecular formula is C17H19N3O. The number of rotatable bonds is 6. The number of nitrogens with zero attached hydrogens (tertiary/aromatic N) is 1. The molecule has 0 atom stereocenters. The topological polar surface area (TPSA) is 49.9 Å². The van der Waals surface area contributed by atoms with Crippen molar-refractivity contribution in [2.24, 2.45) is 0 Å². The van der Waals surface area contributed by atoms with E-state index in [4.69, 9.17) is 4.74 Å². The molecule has 2 N–H and O–H groups in total. The van der Waals surface area contributed by atoms with Gasteiger partial charge in [-0.25, -0.2) is 0 Å². The van der Waals surface area contributed by atoms with Gasteiger partial charge in [-0.1, -0.05) is 31.2 Å². The van der Waals surface area contributed by atoms with Crippen LogP contribution in [-0.4, -0.2) is 16.8 Å². The zero-order valence-corrected chi connectivity index (χ0v) is 12.1. The van der Waals surface area contributed by atoms with Gasteiger partial charge in [-0.2, -0.15) is 5.10 Å². The summed E-state index contributed by atoms with van der Waals surface area (Å²) in [6.45, 7) is 3.64. The predicted molar refractivity (Wildman–Crippen MR) is 85.6 cm³/mol. The lowest BCUT2D eigenvalue weighted by Gasteiger charge is -2.09. The molecule has 0 amide bonds. The molecule has 4 heteroatoms. The maximum Gasteiger partial charge on any atom is 0.119 e. The van der Waals surface area contributed by atoms with Gasteiger partial charge in [0.25, 0.3) is 0 Å². The highest BCUT2D eigenvalue weighted by molar-refractivity contribution is 5.89. The zero-order valence-electron chi connectivity index (χ0n) is 12.1. The molecule has 0 aliphatic heterocycles. The first kappa shape index (κ1) is 13.5. The van der Waals surface area contributed by atoms with Crippen molar-refractivity contribution in [2.45, 2.75) is 19.9 Å². The Morgan fingerprint density at radius 1 is 1.14 bits per heavy atom. The maximum absolute atomic E-state index is 5.59. The van der Waals surface area contributed by atoms with Crippen LogP contribution in [-0.2, 0) is 6.54 Å². The number of ether oxygens (including phenoxy) is 1. The van der Waals surface area contributed by atoms with Gasteiger partial charge in [-0.3, -0.25) is 5.10 Å². The van der Waals surface area contributed by atoms with Crippen LogP contribution in [0, 0.1) is 0 Å². The average Bonchev–Trinajstić information content (AvgIpc) is 3.01. The van der Waals surface area contributed by atoms with Gasteiger partial charge in [0.15, 0.2) is 0 Å². The molecule has 0 saturated carbocycles. The normalized spacial score (nSPS) is 10.7. The zero-order chi connectivity index (χ0) is 14.5. The van der Waals surface area contributed by atoms with E-state index in [-0.39, 0.29) is 0 Å². The Kier molecular flexibility index (Phi) is 4.05. The first-order chi connectivity index (χ1) is 10.4. The molecule has 3 aromatic rings. The van der Waals surface area contributed by atoms with Crippen molar-refractivity contribution in [1.82, 2.24) is 10.2 Å². The van der Waals surface area contributed by atoms with E-state index >= 15 is 0 Å². The Balaban J connectivity index is 1.66. The van der Waals surface area contributed by atoms with Crippen molar-refractivity contribution < 1.29 is 4.74 Å². The molecule has 1 heterocycles. The van der Waals surface area contributed by atoms with E-state index in [1.54, 1.807) is 0 Å². The Morgan fingerprint density at radius 3 is 2.81 bits per heavy atom. The van der Waals surface area contributed by atoms with Crippen LogP contribution < -0.4 is 10.1 Å². The fourth-order valence-corrected chi connectivity index (χ4v) is 2.24. The fourth-order valence-electron chi connectivity index (χ4n) is 2.24. The molecule has 0 unspecified atom stereocenters. The predicted octanol–water partition coefficient (Wildman–Crippen LogP) is 3.96. The van der Waals surface area contributed by atoms with Crippen molar-refractivity contribution in [3.63, 3.8) is 0 Å². The van der Waals surface area contributed by atoms with Gasteiger partial charge in [-0.05, 0) is 30.2 Å². The summed E-state index contributed by atoms with van der Waals surface area (Å²) in [6.07, 6.45) is 2.86. The largest absolute Gasteiger partial charge is 0.494 e. The molecule has 2 aromatic carbocycles. The van der Waals surface area contributed by atoms with Crippen LogP contribution in [0.2, 0.25) is 0 Å². The molecule has 0 radical (unpaired) electrons. The first-order valence-electron chi connectivity index (χ1n) is 7.24. The minimum Gasteiger partial charge on any atom is -0.494 e. The molecule has 0 fully saturated rings. The quantitative estimate of drug-likeness (QED) is 0.719. The van der Waals surface area contributed by atoms with Crippen LogP contribution in [0.4, 0.5) is 5.69 Å². The third-order valence-corrected chi connectivity index (χ3v) is 3.36. The number of benzene rings is 2. The Labute approximate surface area is 124 Å². The number of aromatic amines is 1. The second-order valence-electron chi connectivity index (χ2n) is 4.99. The van der Waals surface area contributed by atoms with E-state index in [0.717, 1.165) is 41.9 Å². The monoisotopic (exact) mass is 281 g/mol. The van der Waals surface area contributed by atoms with E-state index in [2.05, 4.69) is 40.6 Å². The van der Waals surface area contributed by atoms with E-state index in [0.29, 0.717) is 0 Å². The second kappa shape index (κ2) is 6.31. The van der Waals surface area contributed by atoms with Crippen molar-refractivity contribution in [2.75, 3.05) is 11.9 Å². The molecule has 0 saturated heterocycles. The Morgan fingerprint density at radius 2 is 2.00 bits per heavy atom. The molecule has 0 aliphatic rings. The molecule has 21 heavy (non-hydrogen) atoms. The molecule has 0 spiro atoms. The summed E-state index contributed by atoms with van der Waals surface area (Å²) in [5.41, 5.74) is 3.33. The third-order valence-electron chi connectivity index (χ3n) is 3.36. The summed E-state index contributed by atoms with van der Waals surface area (Å²) < 4.78 is 5.59. The van der Waals surface area contributed by atoms with Crippen LogP contribution in [0.25, 0.3) is 10.9 Å². The van der Waals surface area contributed by atoms with Crippen LogP contribution in [0.5, 0.6) is 5.75 Å². The van der Waals surface area contributed by atoms with Crippen LogP contribution in [0.1, 0.15) is 18.9 Å². The van der Waals surface area contributed by atoms with E-state index in [1.807, 2.05) is 30.5 Å². The molecular weight excluding hydrogens is 262 g/mol. The van der Waals surface area contributed by atoms with Gasteiger partial charge in [0.2, 0.25) is 0 Å². The molecule has 1 aromatic heterocycles. The van der Waals surface area contributed by atoms with Gasteiger partial charge in [0.05, 0.1) is 24.0 Å². The summed E-state index contributed by atoms with van der Waals surface area (Å²) in [5.74, 6) is 0.927. The molecule has 3 rings (SSSR count). The number of fused-ring (bicyclic) bond motifs is 1. The fraction of sp³-hybridized carbons (Fsp3) is 0.235. The highest BCUT2D eigenvalue weighted by atomic mass is 16.5. The van der Waals surface area contributed by atoms with Crippen LogP contribution in [0.15, 0.2) is 48.7 Å². The standard InChI is InChI=1S/C17H19N3O/c1-2-10-21-15-8-6-13(7-9-15)11-18-16-5-3-4-14-12-19-20-17(14)16/h3-9,12,18H,2,10-11H2,1H3,(H,19,20). The number of para-hydroxylation sites is 1. The number of H-pyrrole nitrogens is 1.